The molecule has 4 aromatic rings. The first-order valence-corrected chi connectivity index (χ1v) is 6.36. The lowest BCUT2D eigenvalue weighted by molar-refractivity contribution is 0.623. The summed E-state index contributed by atoms with van der Waals surface area (Å²) in [4.78, 5) is 8.78. The van der Waals surface area contributed by atoms with Gasteiger partial charge in [0, 0.05) is 5.39 Å². The number of nitrogens with one attached hydrogen (secondary N) is 1. The van der Waals surface area contributed by atoms with Gasteiger partial charge in [-0.05, 0) is 24.3 Å². The quantitative estimate of drug-likeness (QED) is 0.589. The molecule has 4 rings (SSSR count). The van der Waals surface area contributed by atoms with Gasteiger partial charge in [-0.25, -0.2) is 0 Å². The lowest BCUT2D eigenvalue weighted by Gasteiger charge is -2.02. The Labute approximate surface area is 115 Å². The van der Waals surface area contributed by atoms with Crippen molar-refractivity contribution in [1.82, 2.24) is 9.97 Å². The van der Waals surface area contributed by atoms with Crippen molar-refractivity contribution in [2.24, 2.45) is 0 Å². The van der Waals surface area contributed by atoms with Crippen LogP contribution in [0.4, 0.5) is 11.7 Å². The molecule has 0 aliphatic heterocycles. The number of nitrogens with zero attached hydrogens (tertiary/aromatic N) is 2. The second-order valence-corrected chi connectivity index (χ2v) is 4.53. The fourth-order valence-corrected chi connectivity index (χ4v) is 2.19. The molecule has 0 aliphatic rings. The summed E-state index contributed by atoms with van der Waals surface area (Å²) in [7, 11) is 0. The fraction of sp³-hybridized carbons (Fsp3) is 0. The van der Waals surface area contributed by atoms with Crippen LogP contribution in [0, 0.1) is 0 Å². The summed E-state index contributed by atoms with van der Waals surface area (Å²) in [6.07, 6.45) is 1.78. The summed E-state index contributed by atoms with van der Waals surface area (Å²) < 4.78 is 5.63. The van der Waals surface area contributed by atoms with E-state index in [1.807, 2.05) is 54.6 Å². The summed E-state index contributed by atoms with van der Waals surface area (Å²) in [5.74, 6) is 0. The smallest absolute Gasteiger partial charge is 0.300 e. The second kappa shape index (κ2) is 4.35. The summed E-state index contributed by atoms with van der Waals surface area (Å²) in [5, 5.41) is 4.22. The summed E-state index contributed by atoms with van der Waals surface area (Å²) >= 11 is 0. The van der Waals surface area contributed by atoms with Gasteiger partial charge >= 0.3 is 0 Å². The number of fused-ring (bicyclic) bond motifs is 2. The van der Waals surface area contributed by atoms with Crippen LogP contribution in [0.2, 0.25) is 0 Å². The van der Waals surface area contributed by atoms with Crippen molar-refractivity contribution in [3.05, 3.63) is 60.8 Å². The van der Waals surface area contributed by atoms with E-state index in [4.69, 9.17) is 4.42 Å². The topological polar surface area (TPSA) is 51.0 Å². The normalized spacial score (nSPS) is 11.0. The number of aromatic nitrogens is 2. The Kier molecular flexibility index (Phi) is 2.39. The molecule has 0 unspecified atom stereocenters. The first-order chi connectivity index (χ1) is 9.88. The van der Waals surface area contributed by atoms with Crippen LogP contribution < -0.4 is 5.32 Å². The Morgan fingerprint density at radius 2 is 1.70 bits per heavy atom. The van der Waals surface area contributed by atoms with Crippen LogP contribution in [0.15, 0.2) is 65.2 Å². The first kappa shape index (κ1) is 11.0. The van der Waals surface area contributed by atoms with Crippen LogP contribution in [0.1, 0.15) is 0 Å². The van der Waals surface area contributed by atoms with E-state index in [0.29, 0.717) is 6.01 Å². The molecule has 0 spiro atoms. The molecule has 96 valence electrons. The number of para-hydroxylation sites is 3. The van der Waals surface area contributed by atoms with Crippen molar-refractivity contribution in [1.29, 1.82) is 0 Å². The molecule has 4 nitrogen and oxygen atoms in total. The summed E-state index contributed by atoms with van der Waals surface area (Å²) in [5.41, 5.74) is 3.43. The van der Waals surface area contributed by atoms with Crippen molar-refractivity contribution in [2.75, 3.05) is 5.32 Å². The fourth-order valence-electron chi connectivity index (χ4n) is 2.19. The predicted octanol–water partition coefficient (Wildman–Crippen LogP) is 4.12. The molecule has 0 radical (unpaired) electrons. The van der Waals surface area contributed by atoms with Gasteiger partial charge in [0.15, 0.2) is 5.58 Å². The number of hydrogen-bond donors (Lipinski definition) is 1. The van der Waals surface area contributed by atoms with E-state index in [2.05, 4.69) is 15.3 Å². The number of anilines is 2. The van der Waals surface area contributed by atoms with Gasteiger partial charge in [-0.1, -0.05) is 30.3 Å². The highest BCUT2D eigenvalue weighted by Crippen LogP contribution is 2.23. The zero-order valence-corrected chi connectivity index (χ0v) is 10.6. The highest BCUT2D eigenvalue weighted by Gasteiger charge is 2.05. The first-order valence-electron chi connectivity index (χ1n) is 6.36. The molecule has 4 heteroatoms. The van der Waals surface area contributed by atoms with Crippen molar-refractivity contribution in [3.8, 4) is 0 Å². The monoisotopic (exact) mass is 261 g/mol. The maximum atomic E-state index is 5.63. The second-order valence-electron chi connectivity index (χ2n) is 4.53. The Morgan fingerprint density at radius 3 is 2.60 bits per heavy atom. The highest BCUT2D eigenvalue weighted by atomic mass is 16.4. The highest BCUT2D eigenvalue weighted by molar-refractivity contribution is 5.82. The molecular formula is C16H11N3O. The number of pyridine rings is 1. The Morgan fingerprint density at radius 1 is 0.900 bits per heavy atom. The third kappa shape index (κ3) is 1.87. The van der Waals surface area contributed by atoms with Crippen molar-refractivity contribution in [3.63, 3.8) is 0 Å². The molecule has 0 bridgehead atoms. The average Bonchev–Trinajstić information content (AvgIpc) is 2.89. The molecular weight excluding hydrogens is 250 g/mol. The zero-order valence-electron chi connectivity index (χ0n) is 10.6. The summed E-state index contributed by atoms with van der Waals surface area (Å²) in [6.45, 7) is 0. The van der Waals surface area contributed by atoms with Gasteiger partial charge in [0.25, 0.3) is 6.01 Å². The lowest BCUT2D eigenvalue weighted by Crippen LogP contribution is -1.91. The third-order valence-electron chi connectivity index (χ3n) is 3.14. The van der Waals surface area contributed by atoms with Gasteiger partial charge < -0.3 is 9.73 Å². The van der Waals surface area contributed by atoms with Crippen LogP contribution in [0.5, 0.6) is 0 Å². The molecule has 0 fully saturated rings. The van der Waals surface area contributed by atoms with E-state index >= 15 is 0 Å². The number of hydrogen-bond acceptors (Lipinski definition) is 4. The van der Waals surface area contributed by atoms with Crippen LogP contribution in [0.25, 0.3) is 22.0 Å². The van der Waals surface area contributed by atoms with E-state index in [1.165, 1.54) is 0 Å². The minimum atomic E-state index is 0.475. The maximum Gasteiger partial charge on any atom is 0.300 e. The van der Waals surface area contributed by atoms with Crippen LogP contribution >= 0.6 is 0 Å². The molecule has 0 amide bonds. The van der Waals surface area contributed by atoms with E-state index in [0.717, 1.165) is 27.7 Å². The molecule has 0 saturated heterocycles. The largest absolute Gasteiger partial charge is 0.423 e. The Bertz CT molecular complexity index is 865. The number of rotatable bonds is 2. The van der Waals surface area contributed by atoms with Gasteiger partial charge in [-0.3, -0.25) is 4.98 Å². The zero-order chi connectivity index (χ0) is 13.4. The predicted molar refractivity (Wildman–Crippen MR) is 79.0 cm³/mol. The van der Waals surface area contributed by atoms with Gasteiger partial charge in [-0.2, -0.15) is 4.98 Å². The molecule has 0 atom stereocenters. The van der Waals surface area contributed by atoms with Crippen LogP contribution in [0.3, 0.4) is 0 Å². The van der Waals surface area contributed by atoms with Gasteiger partial charge in [0.1, 0.15) is 5.52 Å². The van der Waals surface area contributed by atoms with E-state index in [1.54, 1.807) is 6.20 Å². The molecule has 0 saturated carbocycles. The van der Waals surface area contributed by atoms with Crippen molar-refractivity contribution in [2.45, 2.75) is 0 Å². The molecule has 20 heavy (non-hydrogen) atoms. The van der Waals surface area contributed by atoms with Gasteiger partial charge in [0.05, 0.1) is 17.4 Å². The van der Waals surface area contributed by atoms with E-state index in [9.17, 15) is 0 Å². The van der Waals surface area contributed by atoms with E-state index < -0.39 is 0 Å². The third-order valence-corrected chi connectivity index (χ3v) is 3.14. The average molecular weight is 261 g/mol. The van der Waals surface area contributed by atoms with Gasteiger partial charge in [-0.15, -0.1) is 0 Å². The minimum Gasteiger partial charge on any atom is -0.423 e. The van der Waals surface area contributed by atoms with E-state index in [-0.39, 0.29) is 0 Å². The van der Waals surface area contributed by atoms with Crippen LogP contribution in [-0.4, -0.2) is 9.97 Å². The van der Waals surface area contributed by atoms with Crippen molar-refractivity contribution >= 4 is 33.7 Å². The van der Waals surface area contributed by atoms with Crippen LogP contribution in [-0.2, 0) is 0 Å². The molecule has 2 heterocycles. The van der Waals surface area contributed by atoms with Gasteiger partial charge in [0.2, 0.25) is 0 Å². The minimum absolute atomic E-state index is 0.475. The number of benzene rings is 2. The SMILES string of the molecule is c1ccc2ncc(Nc3nc4ccccc4o3)cc2c1. The Balaban J connectivity index is 1.72. The standard InChI is InChI=1S/C16H11N3O/c1-2-6-13-11(5-1)9-12(10-17-13)18-16-19-14-7-3-4-8-15(14)20-16/h1-10H,(H,18,19). The summed E-state index contributed by atoms with van der Waals surface area (Å²) in [6, 6.07) is 18.2. The maximum absolute atomic E-state index is 5.63. The Hall–Kier alpha value is -2.88. The van der Waals surface area contributed by atoms with Crippen molar-refractivity contribution < 1.29 is 4.42 Å². The molecule has 2 aromatic carbocycles. The number of oxazole rings is 1. The lowest BCUT2D eigenvalue weighted by atomic mass is 10.2. The molecule has 0 aliphatic carbocycles. The molecule has 1 N–H and O–H groups in total. The molecule has 2 aromatic heterocycles.